The van der Waals surface area contributed by atoms with E-state index >= 15 is 0 Å². The van der Waals surface area contributed by atoms with Gasteiger partial charge in [-0.3, -0.25) is 4.79 Å². The van der Waals surface area contributed by atoms with Crippen molar-refractivity contribution in [2.75, 3.05) is 0 Å². The second kappa shape index (κ2) is 5.06. The molecule has 0 saturated carbocycles. The maximum absolute atomic E-state index is 11.7. The molecule has 1 heterocycles. The molecule has 0 fully saturated rings. The van der Waals surface area contributed by atoms with Crippen LogP contribution >= 0.6 is 11.3 Å². The number of Topliss-reactive ketones (excluding diaryl/α,β-unsaturated/α-hetero) is 1. The number of nitrogens with two attached hydrogens (primary N) is 1. The first-order chi connectivity index (χ1) is 7.28. The number of nitrogens with zero attached hydrogens (tertiary/aromatic N) is 1. The minimum Gasteiger partial charge on any atom is -0.326 e. The molecule has 1 rings (SSSR count). The highest BCUT2D eigenvalue weighted by Crippen LogP contribution is 2.18. The van der Waals surface area contributed by atoms with Crippen LogP contribution in [0.4, 0.5) is 0 Å². The Hall–Kier alpha value is -0.740. The molecule has 0 aliphatic carbocycles. The van der Waals surface area contributed by atoms with Crippen LogP contribution < -0.4 is 5.73 Å². The maximum atomic E-state index is 11.7. The highest BCUT2D eigenvalue weighted by molar-refractivity contribution is 7.11. The Kier molecular flexibility index (Phi) is 4.21. The molecule has 16 heavy (non-hydrogen) atoms. The zero-order chi connectivity index (χ0) is 12.3. The highest BCUT2D eigenvalue weighted by Gasteiger charge is 2.15. The number of aromatic nitrogens is 1. The van der Waals surface area contributed by atoms with Gasteiger partial charge in [-0.05, 0) is 34.1 Å². The topological polar surface area (TPSA) is 56.0 Å². The van der Waals surface area contributed by atoms with Gasteiger partial charge in [-0.2, -0.15) is 0 Å². The number of hydrogen-bond acceptors (Lipinski definition) is 4. The lowest BCUT2D eigenvalue weighted by Crippen LogP contribution is -2.32. The molecule has 2 N–H and O–H groups in total. The molecule has 4 heteroatoms. The lowest BCUT2D eigenvalue weighted by atomic mass is 9.98. The summed E-state index contributed by atoms with van der Waals surface area (Å²) in [5, 5.41) is 0.926. The van der Waals surface area contributed by atoms with E-state index in [1.807, 2.05) is 27.7 Å². The van der Waals surface area contributed by atoms with Gasteiger partial charge >= 0.3 is 0 Å². The second-order valence-corrected chi connectivity index (χ2v) is 6.24. The van der Waals surface area contributed by atoms with Crippen molar-refractivity contribution in [1.82, 2.24) is 4.98 Å². The van der Waals surface area contributed by atoms with Crippen molar-refractivity contribution >= 4 is 17.1 Å². The third-order valence-electron chi connectivity index (χ3n) is 2.47. The summed E-state index contributed by atoms with van der Waals surface area (Å²) < 4.78 is 0. The van der Waals surface area contributed by atoms with E-state index < -0.39 is 0 Å². The van der Waals surface area contributed by atoms with E-state index in [1.165, 1.54) is 4.88 Å². The summed E-state index contributed by atoms with van der Waals surface area (Å²) in [6, 6.07) is 0. The van der Waals surface area contributed by atoms with Crippen molar-refractivity contribution in [3.8, 4) is 0 Å². The second-order valence-electron chi connectivity index (χ2n) is 4.95. The molecule has 0 aromatic carbocycles. The molecule has 0 unspecified atom stereocenters. The van der Waals surface area contributed by atoms with Crippen LogP contribution in [0.15, 0.2) is 0 Å². The van der Waals surface area contributed by atoms with E-state index in [0.717, 1.165) is 17.1 Å². The first kappa shape index (κ1) is 13.3. The standard InChI is InChI=1S/C12H20N2OS/c1-8-9(2)16-11(14-8)7-10(15)5-6-12(3,4)13/h5-7,13H2,1-4H3. The quantitative estimate of drug-likeness (QED) is 0.859. The summed E-state index contributed by atoms with van der Waals surface area (Å²) in [4.78, 5) is 17.2. The first-order valence-corrected chi connectivity index (χ1v) is 6.33. The molecule has 0 atom stereocenters. The Bertz CT molecular complexity index is 357. The van der Waals surface area contributed by atoms with Gasteiger partial charge in [0.2, 0.25) is 0 Å². The molecule has 1 aromatic heterocycles. The number of aryl methyl sites for hydroxylation is 2. The minimum absolute atomic E-state index is 0.229. The van der Waals surface area contributed by atoms with Crippen molar-refractivity contribution in [3.63, 3.8) is 0 Å². The van der Waals surface area contributed by atoms with Gasteiger partial charge in [-0.15, -0.1) is 11.3 Å². The number of rotatable bonds is 5. The Morgan fingerprint density at radius 1 is 1.44 bits per heavy atom. The summed E-state index contributed by atoms with van der Waals surface area (Å²) in [5.74, 6) is 0.229. The van der Waals surface area contributed by atoms with E-state index in [9.17, 15) is 4.79 Å². The van der Waals surface area contributed by atoms with E-state index in [4.69, 9.17) is 5.73 Å². The number of ketones is 1. The van der Waals surface area contributed by atoms with Gasteiger partial charge in [0, 0.05) is 16.8 Å². The molecule has 0 bridgehead atoms. The molecule has 0 saturated heterocycles. The summed E-state index contributed by atoms with van der Waals surface area (Å²) in [6.45, 7) is 7.89. The van der Waals surface area contributed by atoms with E-state index in [0.29, 0.717) is 12.8 Å². The molecule has 90 valence electrons. The lowest BCUT2D eigenvalue weighted by Gasteiger charge is -2.16. The summed E-state index contributed by atoms with van der Waals surface area (Å²) in [7, 11) is 0. The van der Waals surface area contributed by atoms with Crippen molar-refractivity contribution in [3.05, 3.63) is 15.6 Å². The zero-order valence-electron chi connectivity index (χ0n) is 10.5. The summed E-state index contributed by atoms with van der Waals surface area (Å²) in [6.07, 6.45) is 1.73. The molecule has 0 aliphatic rings. The molecule has 0 amide bonds. The third-order valence-corrected chi connectivity index (χ3v) is 3.54. The fourth-order valence-electron chi connectivity index (χ4n) is 1.33. The van der Waals surface area contributed by atoms with Crippen molar-refractivity contribution in [1.29, 1.82) is 0 Å². The van der Waals surface area contributed by atoms with Crippen LogP contribution in [0.3, 0.4) is 0 Å². The predicted octanol–water partition coefficient (Wildman–Crippen LogP) is 2.39. The SMILES string of the molecule is Cc1nc(CC(=O)CCC(C)(C)N)sc1C. The van der Waals surface area contributed by atoms with Crippen LogP contribution in [0.25, 0.3) is 0 Å². The van der Waals surface area contributed by atoms with Gasteiger partial charge in [-0.25, -0.2) is 4.98 Å². The van der Waals surface area contributed by atoms with Crippen molar-refractivity contribution in [2.24, 2.45) is 5.73 Å². The average Bonchev–Trinajstić information content (AvgIpc) is 2.41. The Morgan fingerprint density at radius 3 is 2.50 bits per heavy atom. The summed E-state index contributed by atoms with van der Waals surface area (Å²) >= 11 is 1.61. The van der Waals surface area contributed by atoms with Crippen LogP contribution in [0, 0.1) is 13.8 Å². The van der Waals surface area contributed by atoms with Gasteiger partial charge in [0.15, 0.2) is 0 Å². The van der Waals surface area contributed by atoms with E-state index in [-0.39, 0.29) is 11.3 Å². The number of carbonyl (C=O) groups excluding carboxylic acids is 1. The Balaban J connectivity index is 2.46. The molecular weight excluding hydrogens is 220 g/mol. The van der Waals surface area contributed by atoms with Gasteiger partial charge < -0.3 is 5.73 Å². The van der Waals surface area contributed by atoms with Crippen LogP contribution in [0.5, 0.6) is 0 Å². The van der Waals surface area contributed by atoms with E-state index in [1.54, 1.807) is 11.3 Å². The summed E-state index contributed by atoms with van der Waals surface area (Å²) in [5.41, 5.74) is 6.61. The zero-order valence-corrected chi connectivity index (χ0v) is 11.3. The smallest absolute Gasteiger partial charge is 0.139 e. The monoisotopic (exact) mass is 240 g/mol. The Morgan fingerprint density at radius 2 is 2.06 bits per heavy atom. The predicted molar refractivity (Wildman–Crippen MR) is 67.8 cm³/mol. The van der Waals surface area contributed by atoms with Crippen LogP contribution in [-0.4, -0.2) is 16.3 Å². The highest BCUT2D eigenvalue weighted by atomic mass is 32.1. The molecule has 3 nitrogen and oxygen atoms in total. The van der Waals surface area contributed by atoms with Gasteiger partial charge in [0.05, 0.1) is 12.1 Å². The van der Waals surface area contributed by atoms with Gasteiger partial charge in [-0.1, -0.05) is 0 Å². The van der Waals surface area contributed by atoms with Crippen LogP contribution in [0.2, 0.25) is 0 Å². The van der Waals surface area contributed by atoms with Gasteiger partial charge in [0.1, 0.15) is 10.8 Å². The van der Waals surface area contributed by atoms with Crippen molar-refractivity contribution in [2.45, 2.75) is 52.5 Å². The normalized spacial score (nSPS) is 11.8. The molecule has 0 aliphatic heterocycles. The fourth-order valence-corrected chi connectivity index (χ4v) is 2.30. The molecular formula is C12H20N2OS. The average molecular weight is 240 g/mol. The molecule has 1 aromatic rings. The molecule has 0 radical (unpaired) electrons. The molecule has 0 spiro atoms. The van der Waals surface area contributed by atoms with Crippen LogP contribution in [-0.2, 0) is 11.2 Å². The number of carbonyl (C=O) groups is 1. The number of thiazole rings is 1. The Labute approximate surface area is 101 Å². The van der Waals surface area contributed by atoms with Gasteiger partial charge in [0.25, 0.3) is 0 Å². The minimum atomic E-state index is -0.260. The third kappa shape index (κ3) is 4.41. The van der Waals surface area contributed by atoms with E-state index in [2.05, 4.69) is 4.98 Å². The van der Waals surface area contributed by atoms with Crippen molar-refractivity contribution < 1.29 is 4.79 Å². The first-order valence-electron chi connectivity index (χ1n) is 5.51. The number of hydrogen-bond donors (Lipinski definition) is 1. The lowest BCUT2D eigenvalue weighted by molar-refractivity contribution is -0.118. The largest absolute Gasteiger partial charge is 0.326 e. The van der Waals surface area contributed by atoms with Crippen LogP contribution in [0.1, 0.15) is 42.3 Å². The maximum Gasteiger partial charge on any atom is 0.139 e. The fraction of sp³-hybridized carbons (Fsp3) is 0.667.